The Bertz CT molecular complexity index is 574. The van der Waals surface area contributed by atoms with Crippen molar-refractivity contribution in [1.29, 1.82) is 0 Å². The first-order chi connectivity index (χ1) is 9.72. The van der Waals surface area contributed by atoms with Crippen LogP contribution in [0.5, 0.6) is 0 Å². The molecule has 21 heavy (non-hydrogen) atoms. The van der Waals surface area contributed by atoms with Crippen molar-refractivity contribution in [2.75, 3.05) is 5.75 Å². The maximum absolute atomic E-state index is 12.1. The number of halogens is 1. The van der Waals surface area contributed by atoms with E-state index in [1.165, 1.54) is 18.2 Å². The molecule has 1 rings (SSSR count). The maximum Gasteiger partial charge on any atom is 0.337 e. The van der Waals surface area contributed by atoms with E-state index in [0.717, 1.165) is 0 Å². The zero-order valence-corrected chi connectivity index (χ0v) is 13.6. The second-order valence-corrected chi connectivity index (χ2v) is 6.90. The van der Waals surface area contributed by atoms with Crippen LogP contribution in [0.25, 0.3) is 0 Å². The lowest BCUT2D eigenvalue weighted by atomic mass is 10.1. The minimum Gasteiger partial charge on any atom is -0.478 e. The van der Waals surface area contributed by atoms with Crippen LogP contribution in [0.1, 0.15) is 31.1 Å². The lowest BCUT2D eigenvalue weighted by molar-refractivity contribution is -0.119. The summed E-state index contributed by atoms with van der Waals surface area (Å²) in [6, 6.07) is 4.05. The van der Waals surface area contributed by atoms with Crippen LogP contribution < -0.4 is 5.32 Å². The molecule has 0 saturated carbocycles. The fourth-order valence-electron chi connectivity index (χ4n) is 1.47. The summed E-state index contributed by atoms with van der Waals surface area (Å²) in [5.41, 5.74) is -0.126. The van der Waals surface area contributed by atoms with Gasteiger partial charge in [-0.3, -0.25) is 9.00 Å². The van der Waals surface area contributed by atoms with Crippen LogP contribution in [0.4, 0.5) is 0 Å². The Labute approximate surface area is 131 Å². The zero-order valence-electron chi connectivity index (χ0n) is 12.1. The van der Waals surface area contributed by atoms with E-state index in [2.05, 4.69) is 5.32 Å². The minimum absolute atomic E-state index is 0.0192. The third-order valence-electron chi connectivity index (χ3n) is 3.08. The van der Waals surface area contributed by atoms with Gasteiger partial charge in [-0.1, -0.05) is 25.4 Å². The number of carboxylic acids is 1. The number of hydrogen-bond donors (Lipinski definition) is 2. The first-order valence-electron chi connectivity index (χ1n) is 6.43. The van der Waals surface area contributed by atoms with Gasteiger partial charge >= 0.3 is 5.97 Å². The van der Waals surface area contributed by atoms with Gasteiger partial charge in [0.2, 0.25) is 5.91 Å². The fraction of sp³-hybridized carbons (Fsp3) is 0.429. The quantitative estimate of drug-likeness (QED) is 0.837. The van der Waals surface area contributed by atoms with Crippen molar-refractivity contribution in [2.45, 2.75) is 31.7 Å². The second-order valence-electron chi connectivity index (χ2n) is 5.04. The van der Waals surface area contributed by atoms with Crippen LogP contribution in [0.15, 0.2) is 23.1 Å². The number of carbonyl (C=O) groups is 2. The molecule has 116 valence electrons. The van der Waals surface area contributed by atoms with E-state index in [9.17, 15) is 13.8 Å². The second kappa shape index (κ2) is 7.56. The van der Waals surface area contributed by atoms with Crippen molar-refractivity contribution >= 4 is 34.3 Å². The molecule has 1 aromatic carbocycles. The van der Waals surface area contributed by atoms with Gasteiger partial charge in [0.05, 0.1) is 21.4 Å². The number of amides is 1. The number of hydrogen-bond acceptors (Lipinski definition) is 3. The van der Waals surface area contributed by atoms with Gasteiger partial charge in [-0.05, 0) is 31.0 Å². The predicted octanol–water partition coefficient (Wildman–Crippen LogP) is 2.31. The molecule has 0 saturated heterocycles. The standard InChI is InChI=1S/C14H18ClNO4S/c1-8(2)9(3)16-13(17)7-21(20)10-4-5-12(15)11(6-10)14(18)19/h4-6,8-9H,7H2,1-3H3,(H,16,17)(H,18,19). The summed E-state index contributed by atoms with van der Waals surface area (Å²) in [6.07, 6.45) is 0. The summed E-state index contributed by atoms with van der Waals surface area (Å²) in [5.74, 6) is -1.47. The van der Waals surface area contributed by atoms with E-state index < -0.39 is 16.8 Å². The monoisotopic (exact) mass is 331 g/mol. The van der Waals surface area contributed by atoms with Crippen LogP contribution in [0.3, 0.4) is 0 Å². The van der Waals surface area contributed by atoms with Crippen molar-refractivity contribution in [2.24, 2.45) is 5.92 Å². The number of carbonyl (C=O) groups excluding carboxylic acids is 1. The topological polar surface area (TPSA) is 83.5 Å². The van der Waals surface area contributed by atoms with Gasteiger partial charge in [0.1, 0.15) is 5.75 Å². The van der Waals surface area contributed by atoms with Crippen LogP contribution in [0, 0.1) is 5.92 Å². The molecule has 0 radical (unpaired) electrons. The average Bonchev–Trinajstić information content (AvgIpc) is 2.38. The lowest BCUT2D eigenvalue weighted by Crippen LogP contribution is -2.38. The minimum atomic E-state index is -1.61. The average molecular weight is 332 g/mol. The molecule has 2 atom stereocenters. The van der Waals surface area contributed by atoms with Crippen LogP contribution in [-0.4, -0.2) is 33.0 Å². The molecule has 2 N–H and O–H groups in total. The largest absolute Gasteiger partial charge is 0.478 e. The van der Waals surface area contributed by atoms with Crippen molar-refractivity contribution in [3.05, 3.63) is 28.8 Å². The Morgan fingerprint density at radius 2 is 1.95 bits per heavy atom. The SMILES string of the molecule is CC(C)C(C)NC(=O)CS(=O)c1ccc(Cl)c(C(=O)O)c1. The van der Waals surface area contributed by atoms with Crippen molar-refractivity contribution in [3.63, 3.8) is 0 Å². The highest BCUT2D eigenvalue weighted by Crippen LogP contribution is 2.19. The molecule has 0 spiro atoms. The van der Waals surface area contributed by atoms with E-state index in [1.54, 1.807) is 0 Å². The molecular formula is C14H18ClNO4S. The molecule has 0 aromatic heterocycles. The fourth-order valence-corrected chi connectivity index (χ4v) is 2.63. The van der Waals surface area contributed by atoms with E-state index >= 15 is 0 Å². The van der Waals surface area contributed by atoms with Crippen LogP contribution in [0.2, 0.25) is 5.02 Å². The van der Waals surface area contributed by atoms with Crippen molar-refractivity contribution in [1.82, 2.24) is 5.32 Å². The molecule has 5 nitrogen and oxygen atoms in total. The summed E-state index contributed by atoms with van der Waals surface area (Å²) in [6.45, 7) is 5.82. The van der Waals surface area contributed by atoms with Gasteiger partial charge in [-0.25, -0.2) is 4.79 Å². The first kappa shape index (κ1) is 17.7. The van der Waals surface area contributed by atoms with Gasteiger partial charge in [0.15, 0.2) is 0 Å². The number of benzene rings is 1. The number of aromatic carboxylic acids is 1. The third-order valence-corrected chi connectivity index (χ3v) is 4.72. The highest BCUT2D eigenvalue weighted by Gasteiger charge is 2.17. The van der Waals surface area contributed by atoms with E-state index in [4.69, 9.17) is 16.7 Å². The highest BCUT2D eigenvalue weighted by molar-refractivity contribution is 7.85. The Hall–Kier alpha value is -1.40. The van der Waals surface area contributed by atoms with Crippen molar-refractivity contribution < 1.29 is 18.9 Å². The number of nitrogens with one attached hydrogen (secondary N) is 1. The van der Waals surface area contributed by atoms with Gasteiger partial charge < -0.3 is 10.4 Å². The number of rotatable bonds is 6. The smallest absolute Gasteiger partial charge is 0.337 e. The predicted molar refractivity (Wildman–Crippen MR) is 82.1 cm³/mol. The summed E-state index contributed by atoms with van der Waals surface area (Å²) in [5, 5.41) is 11.8. The van der Waals surface area contributed by atoms with Gasteiger partial charge in [-0.15, -0.1) is 0 Å². The molecule has 0 bridgehead atoms. The molecule has 0 heterocycles. The summed E-state index contributed by atoms with van der Waals surface area (Å²) in [7, 11) is -1.61. The summed E-state index contributed by atoms with van der Waals surface area (Å²) in [4.78, 5) is 23.0. The Morgan fingerprint density at radius 1 is 1.33 bits per heavy atom. The van der Waals surface area contributed by atoms with E-state index in [0.29, 0.717) is 0 Å². The highest BCUT2D eigenvalue weighted by atomic mass is 35.5. The zero-order chi connectivity index (χ0) is 16.2. The van der Waals surface area contributed by atoms with Gasteiger partial charge in [-0.2, -0.15) is 0 Å². The molecule has 1 aromatic rings. The molecule has 1 amide bonds. The first-order valence-corrected chi connectivity index (χ1v) is 8.12. The lowest BCUT2D eigenvalue weighted by Gasteiger charge is -2.17. The maximum atomic E-state index is 12.1. The molecule has 7 heteroatoms. The summed E-state index contributed by atoms with van der Waals surface area (Å²) < 4.78 is 12.1. The van der Waals surface area contributed by atoms with Crippen LogP contribution in [-0.2, 0) is 15.6 Å². The summed E-state index contributed by atoms with van der Waals surface area (Å²) >= 11 is 5.75. The normalized spacial score (nSPS) is 13.8. The molecule has 0 aliphatic carbocycles. The van der Waals surface area contributed by atoms with E-state index in [-0.39, 0.29) is 39.1 Å². The van der Waals surface area contributed by atoms with Gasteiger partial charge in [0, 0.05) is 10.9 Å². The molecular weight excluding hydrogens is 314 g/mol. The number of carboxylic acid groups (broad SMARTS) is 1. The van der Waals surface area contributed by atoms with Crippen LogP contribution >= 0.6 is 11.6 Å². The Balaban J connectivity index is 2.78. The molecule has 0 fully saturated rings. The molecule has 0 aliphatic rings. The molecule has 0 aliphatic heterocycles. The Kier molecular flexibility index (Phi) is 6.36. The Morgan fingerprint density at radius 3 is 2.48 bits per heavy atom. The van der Waals surface area contributed by atoms with E-state index in [1.807, 2.05) is 20.8 Å². The third kappa shape index (κ3) is 5.13. The molecule has 2 unspecified atom stereocenters. The van der Waals surface area contributed by atoms with Crippen molar-refractivity contribution in [3.8, 4) is 0 Å². The van der Waals surface area contributed by atoms with Gasteiger partial charge in [0.25, 0.3) is 0 Å².